The molecule has 0 spiro atoms. The highest BCUT2D eigenvalue weighted by Gasteiger charge is 2.13. The van der Waals surface area contributed by atoms with Crippen molar-refractivity contribution in [1.82, 2.24) is 5.16 Å². The van der Waals surface area contributed by atoms with Crippen LogP contribution in [0.25, 0.3) is 0 Å². The summed E-state index contributed by atoms with van der Waals surface area (Å²) in [5.41, 5.74) is 0.991. The minimum atomic E-state index is 0.571. The number of nitrogens with zero attached hydrogens (tertiary/aromatic N) is 1. The number of unbranched alkanes of at least 4 members (excludes halogenated alkanes) is 1. The molecule has 0 fully saturated rings. The van der Waals surface area contributed by atoms with Crippen molar-refractivity contribution in [2.45, 2.75) is 52.4 Å². The quantitative estimate of drug-likeness (QED) is 0.692. The van der Waals surface area contributed by atoms with Crippen LogP contribution in [0.3, 0.4) is 0 Å². The van der Waals surface area contributed by atoms with Crippen LogP contribution in [0.15, 0.2) is 10.6 Å². The molecule has 13 heavy (non-hydrogen) atoms. The van der Waals surface area contributed by atoms with Gasteiger partial charge in [0.1, 0.15) is 5.76 Å². The SMILES string of the molecule is CCCCC(CC)c1cc(C)no1. The number of aromatic nitrogens is 1. The fourth-order valence-corrected chi connectivity index (χ4v) is 1.57. The Labute approximate surface area is 80.3 Å². The van der Waals surface area contributed by atoms with Gasteiger partial charge in [-0.05, 0) is 19.8 Å². The standard InChI is InChI=1S/C11H19NO/c1-4-6-7-10(5-2)11-8-9(3)12-13-11/h8,10H,4-7H2,1-3H3. The van der Waals surface area contributed by atoms with Crippen molar-refractivity contribution >= 4 is 0 Å². The summed E-state index contributed by atoms with van der Waals surface area (Å²) in [4.78, 5) is 0. The van der Waals surface area contributed by atoms with Gasteiger partial charge in [0.15, 0.2) is 0 Å². The average molecular weight is 181 g/mol. The zero-order valence-corrected chi connectivity index (χ0v) is 8.84. The molecular formula is C11H19NO. The molecule has 1 unspecified atom stereocenters. The van der Waals surface area contributed by atoms with Crippen molar-refractivity contribution in [3.05, 3.63) is 17.5 Å². The molecule has 0 aliphatic heterocycles. The lowest BCUT2D eigenvalue weighted by Gasteiger charge is -2.09. The molecule has 0 aliphatic rings. The third kappa shape index (κ3) is 2.87. The molecule has 1 aromatic heterocycles. The topological polar surface area (TPSA) is 26.0 Å². The van der Waals surface area contributed by atoms with Gasteiger partial charge in [0.25, 0.3) is 0 Å². The third-order valence-corrected chi connectivity index (χ3v) is 2.45. The molecule has 1 rings (SSSR count). The van der Waals surface area contributed by atoms with E-state index in [4.69, 9.17) is 4.52 Å². The first-order chi connectivity index (χ1) is 6.27. The molecule has 0 N–H and O–H groups in total. The summed E-state index contributed by atoms with van der Waals surface area (Å²) in [6, 6.07) is 2.06. The van der Waals surface area contributed by atoms with Crippen LogP contribution in [0.2, 0.25) is 0 Å². The van der Waals surface area contributed by atoms with E-state index in [1.54, 1.807) is 0 Å². The van der Waals surface area contributed by atoms with Crippen LogP contribution in [0.4, 0.5) is 0 Å². The van der Waals surface area contributed by atoms with Gasteiger partial charge in [-0.15, -0.1) is 0 Å². The summed E-state index contributed by atoms with van der Waals surface area (Å²) < 4.78 is 5.26. The summed E-state index contributed by atoms with van der Waals surface area (Å²) in [5, 5.41) is 3.92. The Kier molecular flexibility index (Phi) is 4.00. The van der Waals surface area contributed by atoms with Crippen LogP contribution in [0.1, 0.15) is 56.9 Å². The van der Waals surface area contributed by atoms with Gasteiger partial charge in [-0.25, -0.2) is 0 Å². The van der Waals surface area contributed by atoms with Gasteiger partial charge in [-0.3, -0.25) is 0 Å². The molecule has 0 aliphatic carbocycles. The molecule has 0 saturated carbocycles. The second-order valence-corrected chi connectivity index (χ2v) is 3.62. The lowest BCUT2D eigenvalue weighted by Crippen LogP contribution is -1.95. The predicted octanol–water partition coefficient (Wildman–Crippen LogP) is 3.67. The largest absolute Gasteiger partial charge is 0.361 e. The van der Waals surface area contributed by atoms with Crippen LogP contribution < -0.4 is 0 Å². The van der Waals surface area contributed by atoms with E-state index in [-0.39, 0.29) is 0 Å². The Balaban J connectivity index is 2.56. The van der Waals surface area contributed by atoms with Crippen molar-refractivity contribution < 1.29 is 4.52 Å². The Morgan fingerprint density at radius 3 is 2.69 bits per heavy atom. The smallest absolute Gasteiger partial charge is 0.140 e. The Morgan fingerprint density at radius 2 is 2.23 bits per heavy atom. The summed E-state index contributed by atoms with van der Waals surface area (Å²) in [6.45, 7) is 6.40. The number of rotatable bonds is 5. The van der Waals surface area contributed by atoms with Crippen molar-refractivity contribution in [3.8, 4) is 0 Å². The number of hydrogen-bond acceptors (Lipinski definition) is 2. The van der Waals surface area contributed by atoms with E-state index < -0.39 is 0 Å². The molecule has 0 saturated heterocycles. The molecular weight excluding hydrogens is 162 g/mol. The Bertz CT molecular complexity index is 242. The fraction of sp³-hybridized carbons (Fsp3) is 0.727. The molecule has 2 nitrogen and oxygen atoms in total. The Morgan fingerprint density at radius 1 is 1.46 bits per heavy atom. The predicted molar refractivity (Wildman–Crippen MR) is 53.8 cm³/mol. The molecule has 2 heteroatoms. The molecule has 1 atom stereocenters. The van der Waals surface area contributed by atoms with Crippen LogP contribution in [-0.2, 0) is 0 Å². The zero-order chi connectivity index (χ0) is 9.68. The second kappa shape index (κ2) is 5.05. The Hall–Kier alpha value is -0.790. The van der Waals surface area contributed by atoms with E-state index in [9.17, 15) is 0 Å². The minimum Gasteiger partial charge on any atom is -0.361 e. The molecule has 0 amide bonds. The first kappa shape index (κ1) is 10.3. The molecule has 1 heterocycles. The highest BCUT2D eigenvalue weighted by atomic mass is 16.5. The van der Waals surface area contributed by atoms with E-state index in [1.165, 1.54) is 19.3 Å². The summed E-state index contributed by atoms with van der Waals surface area (Å²) in [5.74, 6) is 1.63. The number of aryl methyl sites for hydroxylation is 1. The number of hydrogen-bond donors (Lipinski definition) is 0. The van der Waals surface area contributed by atoms with Gasteiger partial charge in [0, 0.05) is 12.0 Å². The second-order valence-electron chi connectivity index (χ2n) is 3.62. The summed E-state index contributed by atoms with van der Waals surface area (Å²) in [6.07, 6.45) is 4.90. The third-order valence-electron chi connectivity index (χ3n) is 2.45. The van der Waals surface area contributed by atoms with Crippen LogP contribution >= 0.6 is 0 Å². The van der Waals surface area contributed by atoms with Gasteiger partial charge in [-0.2, -0.15) is 0 Å². The van der Waals surface area contributed by atoms with Crippen LogP contribution in [0.5, 0.6) is 0 Å². The van der Waals surface area contributed by atoms with Gasteiger partial charge in [-0.1, -0.05) is 31.8 Å². The molecule has 0 radical (unpaired) electrons. The minimum absolute atomic E-state index is 0.571. The van der Waals surface area contributed by atoms with Gasteiger partial charge < -0.3 is 4.52 Å². The molecule has 74 valence electrons. The molecule has 0 aromatic carbocycles. The maximum absolute atomic E-state index is 5.26. The normalized spacial score (nSPS) is 13.2. The van der Waals surface area contributed by atoms with E-state index in [0.717, 1.165) is 17.9 Å². The van der Waals surface area contributed by atoms with Gasteiger partial charge >= 0.3 is 0 Å². The molecule has 0 bridgehead atoms. The van der Waals surface area contributed by atoms with E-state index in [1.807, 2.05) is 6.92 Å². The van der Waals surface area contributed by atoms with Crippen molar-refractivity contribution in [2.24, 2.45) is 0 Å². The fourth-order valence-electron chi connectivity index (χ4n) is 1.57. The average Bonchev–Trinajstić information content (AvgIpc) is 2.54. The zero-order valence-electron chi connectivity index (χ0n) is 8.84. The van der Waals surface area contributed by atoms with Crippen LogP contribution in [0, 0.1) is 6.92 Å². The van der Waals surface area contributed by atoms with E-state index in [2.05, 4.69) is 25.1 Å². The first-order valence-electron chi connectivity index (χ1n) is 5.21. The van der Waals surface area contributed by atoms with Crippen LogP contribution in [-0.4, -0.2) is 5.16 Å². The first-order valence-corrected chi connectivity index (χ1v) is 5.21. The maximum Gasteiger partial charge on any atom is 0.140 e. The maximum atomic E-state index is 5.26. The van der Waals surface area contributed by atoms with Gasteiger partial charge in [0.05, 0.1) is 5.69 Å². The summed E-state index contributed by atoms with van der Waals surface area (Å²) in [7, 11) is 0. The van der Waals surface area contributed by atoms with Crippen molar-refractivity contribution in [1.29, 1.82) is 0 Å². The van der Waals surface area contributed by atoms with Crippen molar-refractivity contribution in [2.75, 3.05) is 0 Å². The molecule has 1 aromatic rings. The summed E-state index contributed by atoms with van der Waals surface area (Å²) >= 11 is 0. The monoisotopic (exact) mass is 181 g/mol. The lowest BCUT2D eigenvalue weighted by atomic mass is 9.96. The lowest BCUT2D eigenvalue weighted by molar-refractivity contribution is 0.344. The van der Waals surface area contributed by atoms with Crippen molar-refractivity contribution in [3.63, 3.8) is 0 Å². The van der Waals surface area contributed by atoms with E-state index in [0.29, 0.717) is 5.92 Å². The highest BCUT2D eigenvalue weighted by Crippen LogP contribution is 2.25. The highest BCUT2D eigenvalue weighted by molar-refractivity contribution is 5.08. The van der Waals surface area contributed by atoms with E-state index >= 15 is 0 Å². The van der Waals surface area contributed by atoms with Gasteiger partial charge in [0.2, 0.25) is 0 Å².